The second-order valence-corrected chi connectivity index (χ2v) is 16.7. The molecule has 3 rings (SSSR count). The zero-order valence-corrected chi connectivity index (χ0v) is 30.2. The summed E-state index contributed by atoms with van der Waals surface area (Å²) in [5.41, 5.74) is 4.47. The minimum Gasteiger partial charge on any atom is -0.365 e. The zero-order valence-electron chi connectivity index (χ0n) is 29.4. The van der Waals surface area contributed by atoms with Crippen molar-refractivity contribution in [3.63, 3.8) is 0 Å². The molecule has 14 heteroatoms. The van der Waals surface area contributed by atoms with E-state index in [1.807, 2.05) is 25.1 Å². The number of Topliss-reactive ketones (excluding diaryl/α,β-unsaturated/α-hetero) is 1. The largest absolute Gasteiger partial charge is 0.590 e. The van der Waals surface area contributed by atoms with Crippen molar-refractivity contribution in [2.45, 2.75) is 130 Å². The summed E-state index contributed by atoms with van der Waals surface area (Å²) in [5, 5.41) is 22.5. The van der Waals surface area contributed by atoms with Crippen LogP contribution in [0, 0.1) is 22.7 Å². The summed E-state index contributed by atoms with van der Waals surface area (Å²) in [6, 6.07) is -2.75. The van der Waals surface area contributed by atoms with Crippen molar-refractivity contribution in [2.75, 3.05) is 32.7 Å². The normalized spacial score (nSPS) is 21.3. The van der Waals surface area contributed by atoms with Gasteiger partial charge >= 0.3 is 11.9 Å². The van der Waals surface area contributed by atoms with E-state index in [1.54, 1.807) is 0 Å². The van der Waals surface area contributed by atoms with Gasteiger partial charge in [-0.2, -0.15) is 0 Å². The number of amides is 3. The molecular weight excluding hydrogens is 622 g/mol. The van der Waals surface area contributed by atoms with Crippen LogP contribution in [0.3, 0.4) is 0 Å². The summed E-state index contributed by atoms with van der Waals surface area (Å²) in [4.78, 5) is 53.3. The van der Waals surface area contributed by atoms with Gasteiger partial charge in [0.25, 0.3) is 5.91 Å². The number of ketones is 1. The molecule has 0 aromatic heterocycles. The molecule has 0 aromatic rings. The number of likely N-dealkylation sites (tertiary alicyclic amines) is 1. The second kappa shape index (κ2) is 17.5. The van der Waals surface area contributed by atoms with Crippen molar-refractivity contribution >= 4 is 35.4 Å². The molecule has 0 spiro atoms. The monoisotopic (exact) mass is 683 g/mol. The number of quaternary nitrogens is 1. The number of hydrogen-bond donors (Lipinski definition) is 6. The maximum absolute atomic E-state index is 14.1. The topological polar surface area (TPSA) is 191 Å². The summed E-state index contributed by atoms with van der Waals surface area (Å²) < 4.78 is 13.3. The first-order valence-corrected chi connectivity index (χ1v) is 18.2. The van der Waals surface area contributed by atoms with Gasteiger partial charge in [-0.25, -0.2) is 0 Å². The molecule has 1 saturated heterocycles. The molecule has 0 aromatic carbocycles. The van der Waals surface area contributed by atoms with Gasteiger partial charge in [-0.15, -0.1) is 0 Å². The molecule has 47 heavy (non-hydrogen) atoms. The molecule has 2 aliphatic carbocycles. The van der Waals surface area contributed by atoms with E-state index in [9.17, 15) is 28.5 Å². The van der Waals surface area contributed by atoms with Crippen molar-refractivity contribution in [3.8, 4) is 0 Å². The number of primary amides is 1. The van der Waals surface area contributed by atoms with E-state index in [0.717, 1.165) is 19.5 Å². The van der Waals surface area contributed by atoms with Crippen molar-refractivity contribution in [3.05, 3.63) is 0 Å². The second-order valence-electron chi connectivity index (χ2n) is 16.0. The molecule has 13 nitrogen and oxygen atoms in total. The van der Waals surface area contributed by atoms with Crippen LogP contribution in [0.25, 0.3) is 0 Å². The molecule has 1 aliphatic heterocycles. The standard InChI is InChI=1S/C33H59N7O6S/c1-32(2,3)25(19-35-16-18-39(47-46)20-22-14-15-22)37-31(45)38-27(33(4,5)6)30(44)40-17-8-11-24(40)29(43)36-23(26(41)28(34)42)10-7-9-21-12-13-21/h21-25,27,31,35,37-38,45H,7-20H2,1-6H3,(H2-,34,36,42,43)/p+2/t23?,24-,25+,27+,31?/m0/s1. The van der Waals surface area contributed by atoms with Crippen molar-refractivity contribution in [1.82, 2.24) is 25.2 Å². The molecule has 2 saturated carbocycles. The van der Waals surface area contributed by atoms with Crippen LogP contribution in [0.4, 0.5) is 0 Å². The quantitative estimate of drug-likeness (QED) is 0.0320. The lowest BCUT2D eigenvalue weighted by Crippen LogP contribution is -2.89. The minimum atomic E-state index is -1.21. The first-order valence-electron chi connectivity index (χ1n) is 17.5. The third-order valence-electron chi connectivity index (χ3n) is 9.61. The molecule has 1 heterocycles. The third-order valence-corrected chi connectivity index (χ3v) is 10.2. The van der Waals surface area contributed by atoms with Crippen LogP contribution in [-0.2, 0) is 35.2 Å². The van der Waals surface area contributed by atoms with E-state index in [1.165, 1.54) is 30.6 Å². The predicted molar refractivity (Wildman–Crippen MR) is 180 cm³/mol. The highest BCUT2D eigenvalue weighted by molar-refractivity contribution is 7.62. The summed E-state index contributed by atoms with van der Waals surface area (Å²) in [5.74, 6) is -1.38. The van der Waals surface area contributed by atoms with Gasteiger partial charge in [-0.05, 0) is 59.1 Å². The van der Waals surface area contributed by atoms with Gasteiger partial charge in [0.2, 0.25) is 17.6 Å². The number of rotatable bonds is 21. The number of carbonyl (C=O) groups excluding carboxylic acids is 4. The van der Waals surface area contributed by atoms with E-state index in [0.29, 0.717) is 69.0 Å². The number of nitrogens with two attached hydrogens (primary N) is 2. The van der Waals surface area contributed by atoms with Gasteiger partial charge < -0.3 is 26.4 Å². The molecule has 0 radical (unpaired) electrons. The summed E-state index contributed by atoms with van der Waals surface area (Å²) >= 11 is 0.551. The first kappa shape index (κ1) is 39.3. The lowest BCUT2D eigenvalue weighted by molar-refractivity contribution is -0.658. The Bertz CT molecular complexity index is 1090. The van der Waals surface area contributed by atoms with Crippen molar-refractivity contribution < 1.29 is 33.8 Å². The van der Waals surface area contributed by atoms with Crippen molar-refractivity contribution in [1.29, 1.82) is 0 Å². The van der Waals surface area contributed by atoms with Gasteiger partial charge in [0, 0.05) is 6.54 Å². The minimum absolute atomic E-state index is 0.123. The van der Waals surface area contributed by atoms with E-state index < -0.39 is 47.5 Å². The molecule has 8 N–H and O–H groups in total. The third kappa shape index (κ3) is 13.0. The number of carbonyl (C=O) groups is 4. The summed E-state index contributed by atoms with van der Waals surface area (Å²) in [6.07, 6.45) is 6.55. The molecule has 0 bridgehead atoms. The fourth-order valence-electron chi connectivity index (χ4n) is 6.22. The van der Waals surface area contributed by atoms with Crippen LogP contribution >= 0.6 is 0 Å². The van der Waals surface area contributed by atoms with Crippen molar-refractivity contribution in [2.24, 2.45) is 28.4 Å². The molecule has 5 atom stereocenters. The van der Waals surface area contributed by atoms with E-state index in [-0.39, 0.29) is 17.4 Å². The highest BCUT2D eigenvalue weighted by Crippen LogP contribution is 2.34. The zero-order chi connectivity index (χ0) is 34.9. The highest BCUT2D eigenvalue weighted by atomic mass is 32.2. The molecule has 3 aliphatic rings. The molecule has 268 valence electrons. The Hall–Kier alpha value is -2.10. The highest BCUT2D eigenvalue weighted by Gasteiger charge is 2.43. The van der Waals surface area contributed by atoms with Gasteiger partial charge in [-0.3, -0.25) is 29.8 Å². The summed E-state index contributed by atoms with van der Waals surface area (Å²) in [6.45, 7) is 15.3. The Kier molecular flexibility index (Phi) is 14.7. The molecule has 3 fully saturated rings. The Labute approximate surface area is 284 Å². The predicted octanol–water partition coefficient (Wildman–Crippen LogP) is -0.0001000. The van der Waals surface area contributed by atoms with Gasteiger partial charge in [0.15, 0.2) is 6.35 Å². The van der Waals surface area contributed by atoms with Crippen LogP contribution in [0.15, 0.2) is 0 Å². The van der Waals surface area contributed by atoms with Gasteiger partial charge in [0.1, 0.15) is 12.6 Å². The fourth-order valence-corrected chi connectivity index (χ4v) is 6.67. The lowest BCUT2D eigenvalue weighted by atomic mass is 9.85. The van der Waals surface area contributed by atoms with Crippen LogP contribution in [0.1, 0.15) is 99.3 Å². The maximum Gasteiger partial charge on any atom is 0.590 e. The molecule has 2 unspecified atom stereocenters. The van der Waals surface area contributed by atoms with Crippen LogP contribution in [-0.4, -0.2) is 101 Å². The molecular formula is C33H61N7O6S+2. The Morgan fingerprint density at radius 2 is 1.66 bits per heavy atom. The first-order chi connectivity index (χ1) is 22.0. The number of aliphatic hydroxyl groups is 1. The van der Waals surface area contributed by atoms with Crippen LogP contribution in [0.5, 0.6) is 0 Å². The smallest absolute Gasteiger partial charge is 0.365 e. The average Bonchev–Trinajstić information content (AvgIpc) is 3.93. The maximum atomic E-state index is 14.1. The Balaban J connectivity index is 1.60. The van der Waals surface area contributed by atoms with Gasteiger partial charge in [0.05, 0.1) is 42.0 Å². The Morgan fingerprint density at radius 3 is 2.21 bits per heavy atom. The van der Waals surface area contributed by atoms with Gasteiger partial charge in [-0.1, -0.05) is 67.2 Å². The van der Waals surface area contributed by atoms with E-state index in [2.05, 4.69) is 42.0 Å². The number of nitrogens with one attached hydrogen (secondary N) is 3. The molecule has 3 amide bonds. The van der Waals surface area contributed by atoms with Crippen LogP contribution in [0.2, 0.25) is 0 Å². The number of aliphatic hydroxyl groups excluding tert-OH is 1. The number of nitrogens with zero attached hydrogens (tertiary/aromatic N) is 2. The van der Waals surface area contributed by atoms with Crippen LogP contribution < -0.4 is 27.0 Å². The summed E-state index contributed by atoms with van der Waals surface area (Å²) in [7, 11) is 0. The SMILES string of the molecule is CC(C)(C)[C@H](NC(O)N[C@H](C[NH2+]CCN(CC1CC1)[S+]=O)C(C)(C)C)C(=O)N1CCC[C@H]1C(=O)NC(CCCC1CC1)C(=O)C(N)=O. The van der Waals surface area contributed by atoms with E-state index >= 15 is 0 Å². The van der Waals surface area contributed by atoms with E-state index in [4.69, 9.17) is 5.73 Å². The lowest BCUT2D eigenvalue weighted by Gasteiger charge is -2.38. The Morgan fingerprint density at radius 1 is 1.00 bits per heavy atom. The number of hydrogen-bond acceptors (Lipinski definition) is 8. The fraction of sp³-hybridized carbons (Fsp3) is 0.879. The average molecular weight is 684 g/mol.